The molecule has 0 aliphatic heterocycles. The summed E-state index contributed by atoms with van der Waals surface area (Å²) in [4.78, 5) is 7.07. The summed E-state index contributed by atoms with van der Waals surface area (Å²) >= 11 is 0. The Morgan fingerprint density at radius 2 is 2.20 bits per heavy atom. The third-order valence-corrected chi connectivity index (χ3v) is 4.67. The van der Waals surface area contributed by atoms with E-state index in [2.05, 4.69) is 14.7 Å². The van der Waals surface area contributed by atoms with Gasteiger partial charge in [-0.3, -0.25) is 0 Å². The molecule has 1 heterocycles. The Balaban J connectivity index is 2.31. The van der Waals surface area contributed by atoms with E-state index >= 15 is 0 Å². The molecule has 0 fully saturated rings. The lowest BCUT2D eigenvalue weighted by atomic mass is 10.2. The third-order valence-electron chi connectivity index (χ3n) is 2.99. The molecule has 0 aliphatic rings. The summed E-state index contributed by atoms with van der Waals surface area (Å²) in [7, 11) is -3.67. The van der Waals surface area contributed by atoms with E-state index in [1.807, 2.05) is 0 Å². The number of aryl methyl sites for hydroxylation is 1. The minimum atomic E-state index is -3.67. The van der Waals surface area contributed by atoms with Gasteiger partial charge in [0.15, 0.2) is 0 Å². The molecule has 0 spiro atoms. The second-order valence-corrected chi connectivity index (χ2v) is 6.26. The molecule has 0 saturated heterocycles. The van der Waals surface area contributed by atoms with Gasteiger partial charge in [0.1, 0.15) is 5.82 Å². The number of aromatic nitrogens is 2. The number of imidazole rings is 1. The van der Waals surface area contributed by atoms with Crippen molar-refractivity contribution in [3.8, 4) is 0 Å². The second kappa shape index (κ2) is 5.74. The van der Waals surface area contributed by atoms with Gasteiger partial charge in [-0.1, -0.05) is 12.1 Å². The number of hydrogen-bond donors (Lipinski definition) is 3. The average Bonchev–Trinajstić information content (AvgIpc) is 2.92. The molecule has 0 aliphatic carbocycles. The first-order valence-corrected chi connectivity index (χ1v) is 7.64. The summed E-state index contributed by atoms with van der Waals surface area (Å²) in [5.74, 6) is 0.546. The van der Waals surface area contributed by atoms with Crippen LogP contribution in [-0.4, -0.2) is 23.5 Å². The quantitative estimate of drug-likeness (QED) is 0.773. The number of nitrogens with zero attached hydrogens (tertiary/aromatic N) is 1. The van der Waals surface area contributed by atoms with Crippen LogP contribution in [0.4, 0.5) is 0 Å². The number of sulfonamides is 1. The Hall–Kier alpha value is -1.70. The van der Waals surface area contributed by atoms with E-state index < -0.39 is 16.1 Å². The van der Waals surface area contributed by atoms with Crippen LogP contribution in [0.5, 0.6) is 0 Å². The lowest BCUT2D eigenvalue weighted by Gasteiger charge is -2.14. The largest absolute Gasteiger partial charge is 0.392 e. The molecule has 7 heteroatoms. The maximum absolute atomic E-state index is 12.4. The van der Waals surface area contributed by atoms with Gasteiger partial charge >= 0.3 is 0 Å². The van der Waals surface area contributed by atoms with Gasteiger partial charge in [-0.15, -0.1) is 0 Å². The summed E-state index contributed by atoms with van der Waals surface area (Å²) < 4.78 is 27.3. The lowest BCUT2D eigenvalue weighted by molar-refractivity contribution is 0.281. The number of rotatable bonds is 5. The normalized spacial score (nSPS) is 13.3. The molecule has 1 aromatic carbocycles. The highest BCUT2D eigenvalue weighted by Crippen LogP contribution is 2.19. The third kappa shape index (κ3) is 3.06. The molecule has 2 rings (SSSR count). The van der Waals surface area contributed by atoms with E-state index in [-0.39, 0.29) is 11.5 Å². The Kier molecular flexibility index (Phi) is 4.22. The average molecular weight is 295 g/mol. The number of H-pyrrole nitrogens is 1. The molecular formula is C13H17N3O3S. The number of aromatic amines is 1. The zero-order valence-electron chi connectivity index (χ0n) is 11.3. The molecule has 0 radical (unpaired) electrons. The summed E-state index contributed by atoms with van der Waals surface area (Å²) in [6.07, 6.45) is 3.20. The highest BCUT2D eigenvalue weighted by molar-refractivity contribution is 7.89. The molecule has 108 valence electrons. The molecule has 20 heavy (non-hydrogen) atoms. The van der Waals surface area contributed by atoms with Crippen LogP contribution in [0, 0.1) is 6.92 Å². The van der Waals surface area contributed by atoms with Crippen molar-refractivity contribution in [3.05, 3.63) is 47.5 Å². The molecule has 1 unspecified atom stereocenters. The molecule has 2 aromatic rings. The number of benzene rings is 1. The molecular weight excluding hydrogens is 278 g/mol. The standard InChI is InChI=1S/C13H17N3O3S/c1-9-3-4-11(8-17)7-12(9)20(18,19)16-10(2)13-14-5-6-15-13/h3-7,10,16-17H,8H2,1-2H3,(H,14,15). The van der Waals surface area contributed by atoms with Crippen molar-refractivity contribution in [2.45, 2.75) is 31.4 Å². The van der Waals surface area contributed by atoms with Gasteiger partial charge in [-0.2, -0.15) is 0 Å². The van der Waals surface area contributed by atoms with Gasteiger partial charge in [0.2, 0.25) is 10.0 Å². The molecule has 0 bridgehead atoms. The number of aliphatic hydroxyl groups is 1. The van der Waals surface area contributed by atoms with Gasteiger partial charge < -0.3 is 10.1 Å². The number of nitrogens with one attached hydrogen (secondary N) is 2. The fourth-order valence-electron chi connectivity index (χ4n) is 1.90. The first kappa shape index (κ1) is 14.7. The highest BCUT2D eigenvalue weighted by Gasteiger charge is 2.21. The maximum atomic E-state index is 12.4. The van der Waals surface area contributed by atoms with Crippen LogP contribution < -0.4 is 4.72 Å². The summed E-state index contributed by atoms with van der Waals surface area (Å²) in [5, 5.41) is 9.12. The van der Waals surface area contributed by atoms with Crippen molar-refractivity contribution in [2.75, 3.05) is 0 Å². The summed E-state index contributed by atoms with van der Waals surface area (Å²) in [5.41, 5.74) is 1.18. The smallest absolute Gasteiger partial charge is 0.241 e. The molecule has 0 amide bonds. The first-order valence-electron chi connectivity index (χ1n) is 6.16. The van der Waals surface area contributed by atoms with Crippen LogP contribution in [0.25, 0.3) is 0 Å². The van der Waals surface area contributed by atoms with Crippen molar-refractivity contribution in [1.82, 2.24) is 14.7 Å². The van der Waals surface area contributed by atoms with Crippen LogP contribution in [0.2, 0.25) is 0 Å². The second-order valence-electron chi connectivity index (χ2n) is 4.58. The summed E-state index contributed by atoms with van der Waals surface area (Å²) in [6, 6.07) is 4.39. The van der Waals surface area contributed by atoms with Gasteiger partial charge in [-0.25, -0.2) is 18.1 Å². The van der Waals surface area contributed by atoms with Crippen LogP contribution >= 0.6 is 0 Å². The molecule has 1 atom stereocenters. The minimum absolute atomic E-state index is 0.169. The van der Waals surface area contributed by atoms with Gasteiger partial charge in [0.25, 0.3) is 0 Å². The number of aliphatic hydroxyl groups excluding tert-OH is 1. The van der Waals surface area contributed by atoms with Crippen molar-refractivity contribution in [2.24, 2.45) is 0 Å². The van der Waals surface area contributed by atoms with E-state index in [9.17, 15) is 8.42 Å². The van der Waals surface area contributed by atoms with E-state index in [1.165, 1.54) is 6.07 Å². The summed E-state index contributed by atoms with van der Waals surface area (Å²) in [6.45, 7) is 3.23. The zero-order chi connectivity index (χ0) is 14.8. The predicted molar refractivity (Wildman–Crippen MR) is 74.4 cm³/mol. The van der Waals surface area contributed by atoms with Crippen LogP contribution in [0.1, 0.15) is 29.9 Å². The SMILES string of the molecule is Cc1ccc(CO)cc1S(=O)(=O)NC(C)c1ncc[nH]1. The minimum Gasteiger partial charge on any atom is -0.392 e. The Morgan fingerprint density at radius 3 is 2.80 bits per heavy atom. The van der Waals surface area contributed by atoms with Crippen molar-refractivity contribution in [1.29, 1.82) is 0 Å². The molecule has 6 nitrogen and oxygen atoms in total. The Bertz CT molecular complexity index is 681. The van der Waals surface area contributed by atoms with Crippen LogP contribution in [-0.2, 0) is 16.6 Å². The van der Waals surface area contributed by atoms with Crippen molar-refractivity contribution in [3.63, 3.8) is 0 Å². The lowest BCUT2D eigenvalue weighted by Crippen LogP contribution is -2.28. The first-order chi connectivity index (χ1) is 9.44. The van der Waals surface area contributed by atoms with E-state index in [0.29, 0.717) is 17.0 Å². The van der Waals surface area contributed by atoms with E-state index in [4.69, 9.17) is 5.11 Å². The topological polar surface area (TPSA) is 95.1 Å². The predicted octanol–water partition coefficient (Wildman–Crippen LogP) is 1.25. The fourth-order valence-corrected chi connectivity index (χ4v) is 3.40. The Labute approximate surface area is 117 Å². The van der Waals surface area contributed by atoms with E-state index in [1.54, 1.807) is 38.4 Å². The molecule has 1 aromatic heterocycles. The monoisotopic (exact) mass is 295 g/mol. The number of hydrogen-bond acceptors (Lipinski definition) is 4. The van der Waals surface area contributed by atoms with Gasteiger partial charge in [-0.05, 0) is 31.0 Å². The van der Waals surface area contributed by atoms with Gasteiger partial charge in [0, 0.05) is 12.4 Å². The van der Waals surface area contributed by atoms with Crippen LogP contribution in [0.3, 0.4) is 0 Å². The van der Waals surface area contributed by atoms with Crippen molar-refractivity contribution < 1.29 is 13.5 Å². The fraction of sp³-hybridized carbons (Fsp3) is 0.308. The molecule has 0 saturated carbocycles. The highest BCUT2D eigenvalue weighted by atomic mass is 32.2. The molecule has 3 N–H and O–H groups in total. The van der Waals surface area contributed by atoms with Gasteiger partial charge in [0.05, 0.1) is 17.5 Å². The zero-order valence-corrected chi connectivity index (χ0v) is 12.1. The Morgan fingerprint density at radius 1 is 1.45 bits per heavy atom. The van der Waals surface area contributed by atoms with Crippen molar-refractivity contribution >= 4 is 10.0 Å². The van der Waals surface area contributed by atoms with E-state index in [0.717, 1.165) is 0 Å². The maximum Gasteiger partial charge on any atom is 0.241 e. The van der Waals surface area contributed by atoms with Crippen LogP contribution in [0.15, 0.2) is 35.5 Å².